The molecule has 0 radical (unpaired) electrons. The second-order valence-corrected chi connectivity index (χ2v) is 4.07. The summed E-state index contributed by atoms with van der Waals surface area (Å²) in [6.45, 7) is 1.87. The van der Waals surface area contributed by atoms with Crippen molar-refractivity contribution in [3.8, 4) is 17.7 Å². The van der Waals surface area contributed by atoms with Crippen molar-refractivity contribution in [1.82, 2.24) is 4.98 Å². The number of hydrogen-bond donors (Lipinski definition) is 0. The minimum atomic E-state index is -4.58. The van der Waals surface area contributed by atoms with Crippen molar-refractivity contribution in [2.45, 2.75) is 13.1 Å². The molecule has 0 unspecified atom stereocenters. The van der Waals surface area contributed by atoms with Crippen LogP contribution in [0.1, 0.15) is 16.8 Å². The Morgan fingerprint density at radius 2 is 1.75 bits per heavy atom. The van der Waals surface area contributed by atoms with Crippen LogP contribution < -0.4 is 4.74 Å². The van der Waals surface area contributed by atoms with E-state index in [9.17, 15) is 13.2 Å². The Kier molecular flexibility index (Phi) is 3.61. The van der Waals surface area contributed by atoms with Crippen molar-refractivity contribution in [1.29, 1.82) is 5.26 Å². The number of aryl methyl sites for hydroxylation is 1. The largest absolute Gasteiger partial charge is 0.438 e. The predicted molar refractivity (Wildman–Crippen MR) is 65.2 cm³/mol. The summed E-state index contributed by atoms with van der Waals surface area (Å²) in [6, 6.07) is 10.2. The SMILES string of the molecule is Cc1ccc(Oc2nc(C(F)(F)F)ccc2C#N)cc1. The minimum absolute atomic E-state index is 0.0569. The maximum Gasteiger partial charge on any atom is 0.433 e. The van der Waals surface area contributed by atoms with Crippen LogP contribution in [0.5, 0.6) is 11.6 Å². The Balaban J connectivity index is 2.39. The number of aromatic nitrogens is 1. The average molecular weight is 278 g/mol. The van der Waals surface area contributed by atoms with Crippen LogP contribution in [0.4, 0.5) is 13.2 Å². The molecule has 1 aromatic carbocycles. The van der Waals surface area contributed by atoms with E-state index in [0.717, 1.165) is 17.7 Å². The van der Waals surface area contributed by atoms with Gasteiger partial charge in [0.15, 0.2) is 0 Å². The van der Waals surface area contributed by atoms with Crippen molar-refractivity contribution in [3.63, 3.8) is 0 Å². The first-order chi connectivity index (χ1) is 9.40. The second-order valence-electron chi connectivity index (χ2n) is 4.07. The lowest BCUT2D eigenvalue weighted by Crippen LogP contribution is -2.09. The van der Waals surface area contributed by atoms with Crippen molar-refractivity contribution in [2.24, 2.45) is 0 Å². The molecule has 0 aliphatic rings. The molecule has 0 aliphatic carbocycles. The molecule has 20 heavy (non-hydrogen) atoms. The van der Waals surface area contributed by atoms with E-state index in [-0.39, 0.29) is 11.4 Å². The highest BCUT2D eigenvalue weighted by molar-refractivity contribution is 5.42. The quantitative estimate of drug-likeness (QED) is 0.831. The van der Waals surface area contributed by atoms with Gasteiger partial charge < -0.3 is 4.74 Å². The van der Waals surface area contributed by atoms with Crippen LogP contribution in [0.25, 0.3) is 0 Å². The van der Waals surface area contributed by atoms with E-state index in [1.165, 1.54) is 0 Å². The lowest BCUT2D eigenvalue weighted by atomic mass is 10.2. The molecule has 2 rings (SSSR count). The Morgan fingerprint density at radius 1 is 1.10 bits per heavy atom. The van der Waals surface area contributed by atoms with Gasteiger partial charge in [0.05, 0.1) is 0 Å². The molecule has 6 heteroatoms. The summed E-state index contributed by atoms with van der Waals surface area (Å²) in [5.41, 5.74) is -0.174. The second kappa shape index (κ2) is 5.21. The summed E-state index contributed by atoms with van der Waals surface area (Å²) in [6.07, 6.45) is -4.58. The summed E-state index contributed by atoms with van der Waals surface area (Å²) in [5, 5.41) is 8.88. The van der Waals surface area contributed by atoms with E-state index in [1.807, 2.05) is 6.92 Å². The highest BCUT2D eigenvalue weighted by Gasteiger charge is 2.33. The zero-order chi connectivity index (χ0) is 14.8. The van der Waals surface area contributed by atoms with E-state index in [0.29, 0.717) is 5.75 Å². The van der Waals surface area contributed by atoms with Crippen LogP contribution in [0.2, 0.25) is 0 Å². The molecule has 1 heterocycles. The lowest BCUT2D eigenvalue weighted by molar-refractivity contribution is -0.141. The number of benzene rings is 1. The molecule has 0 saturated carbocycles. The van der Waals surface area contributed by atoms with Gasteiger partial charge in [-0.25, -0.2) is 4.98 Å². The molecule has 0 N–H and O–H groups in total. The molecular weight excluding hydrogens is 269 g/mol. The number of rotatable bonds is 2. The monoisotopic (exact) mass is 278 g/mol. The highest BCUT2D eigenvalue weighted by Crippen LogP contribution is 2.31. The van der Waals surface area contributed by atoms with Crippen molar-refractivity contribution < 1.29 is 17.9 Å². The lowest BCUT2D eigenvalue weighted by Gasteiger charge is -2.10. The molecule has 3 nitrogen and oxygen atoms in total. The van der Waals surface area contributed by atoms with Crippen molar-refractivity contribution in [3.05, 3.63) is 53.2 Å². The Hall–Kier alpha value is -2.55. The number of alkyl halides is 3. The first kappa shape index (κ1) is 13.9. The van der Waals surface area contributed by atoms with Gasteiger partial charge in [0.2, 0.25) is 5.88 Å². The van der Waals surface area contributed by atoms with Crippen molar-refractivity contribution in [2.75, 3.05) is 0 Å². The van der Waals surface area contributed by atoms with Gasteiger partial charge in [0, 0.05) is 0 Å². The number of nitrogens with zero attached hydrogens (tertiary/aromatic N) is 2. The van der Waals surface area contributed by atoms with E-state index in [4.69, 9.17) is 10.00 Å². The molecule has 0 bridgehead atoms. The zero-order valence-electron chi connectivity index (χ0n) is 10.4. The zero-order valence-corrected chi connectivity index (χ0v) is 10.4. The third-order valence-electron chi connectivity index (χ3n) is 2.51. The van der Waals surface area contributed by atoms with Crippen LogP contribution in [-0.2, 0) is 6.18 Å². The Bertz CT molecular complexity index is 658. The molecule has 102 valence electrons. The van der Waals surface area contributed by atoms with E-state index >= 15 is 0 Å². The number of hydrogen-bond acceptors (Lipinski definition) is 3. The number of ether oxygens (including phenoxy) is 1. The number of nitriles is 1. The van der Waals surface area contributed by atoms with E-state index in [2.05, 4.69) is 4.98 Å². The fourth-order valence-electron chi connectivity index (χ4n) is 1.48. The van der Waals surface area contributed by atoms with Gasteiger partial charge in [-0.3, -0.25) is 0 Å². The van der Waals surface area contributed by atoms with Gasteiger partial charge in [-0.2, -0.15) is 18.4 Å². The number of halogens is 3. The summed E-state index contributed by atoms with van der Waals surface area (Å²) in [5.74, 6) is -0.0369. The summed E-state index contributed by atoms with van der Waals surface area (Å²) in [4.78, 5) is 3.36. The van der Waals surface area contributed by atoms with Gasteiger partial charge >= 0.3 is 6.18 Å². The van der Waals surface area contributed by atoms with Crippen molar-refractivity contribution >= 4 is 0 Å². The third-order valence-corrected chi connectivity index (χ3v) is 2.51. The van der Waals surface area contributed by atoms with E-state index in [1.54, 1.807) is 30.3 Å². The van der Waals surface area contributed by atoms with Crippen LogP contribution in [0, 0.1) is 18.3 Å². The fraction of sp³-hybridized carbons (Fsp3) is 0.143. The fourth-order valence-corrected chi connectivity index (χ4v) is 1.48. The van der Waals surface area contributed by atoms with Crippen LogP contribution in [0.15, 0.2) is 36.4 Å². The maximum atomic E-state index is 12.6. The minimum Gasteiger partial charge on any atom is -0.438 e. The van der Waals surface area contributed by atoms with Gasteiger partial charge in [-0.05, 0) is 31.2 Å². The van der Waals surface area contributed by atoms with Crippen LogP contribution in [-0.4, -0.2) is 4.98 Å². The highest BCUT2D eigenvalue weighted by atomic mass is 19.4. The molecule has 0 aliphatic heterocycles. The van der Waals surface area contributed by atoms with Crippen LogP contribution >= 0.6 is 0 Å². The molecule has 0 fully saturated rings. The standard InChI is InChI=1S/C14H9F3N2O/c1-9-2-5-11(6-3-9)20-13-10(8-18)4-7-12(19-13)14(15,16)17/h2-7H,1H3. The summed E-state index contributed by atoms with van der Waals surface area (Å²) in [7, 11) is 0. The molecule has 0 atom stereocenters. The van der Waals surface area contributed by atoms with Gasteiger partial charge in [0.25, 0.3) is 0 Å². The normalized spacial score (nSPS) is 10.9. The Labute approximate surface area is 113 Å². The Morgan fingerprint density at radius 3 is 2.30 bits per heavy atom. The first-order valence-electron chi connectivity index (χ1n) is 5.63. The smallest absolute Gasteiger partial charge is 0.433 e. The molecule has 2 aromatic rings. The topological polar surface area (TPSA) is 45.9 Å². The summed E-state index contributed by atoms with van der Waals surface area (Å²) >= 11 is 0. The third kappa shape index (κ3) is 3.06. The van der Waals surface area contributed by atoms with Gasteiger partial charge in [0.1, 0.15) is 23.1 Å². The van der Waals surface area contributed by atoms with Gasteiger partial charge in [-0.15, -0.1) is 0 Å². The van der Waals surface area contributed by atoms with E-state index < -0.39 is 11.9 Å². The van der Waals surface area contributed by atoms with Crippen LogP contribution in [0.3, 0.4) is 0 Å². The summed E-state index contributed by atoms with van der Waals surface area (Å²) < 4.78 is 43.0. The predicted octanol–water partition coefficient (Wildman–Crippen LogP) is 4.07. The molecular formula is C14H9F3N2O. The molecule has 0 amide bonds. The first-order valence-corrected chi connectivity index (χ1v) is 5.63. The molecule has 0 spiro atoms. The number of pyridine rings is 1. The maximum absolute atomic E-state index is 12.6. The van der Waals surface area contributed by atoms with Gasteiger partial charge in [-0.1, -0.05) is 17.7 Å². The molecule has 1 aromatic heterocycles. The molecule has 0 saturated heterocycles. The average Bonchev–Trinajstić information content (AvgIpc) is 2.40.